The van der Waals surface area contributed by atoms with Crippen molar-refractivity contribution >= 4 is 28.1 Å². The first-order valence-corrected chi connectivity index (χ1v) is 12.8. The van der Waals surface area contributed by atoms with E-state index in [9.17, 15) is 5.26 Å². The Morgan fingerprint density at radius 1 is 0.800 bits per heavy atom. The second-order valence-electron chi connectivity index (χ2n) is 9.90. The highest BCUT2D eigenvalue weighted by molar-refractivity contribution is 5.94. The molecule has 0 unspecified atom stereocenters. The number of aromatic nitrogens is 1. The smallest absolute Gasteiger partial charge is 0.149 e. The number of benzene rings is 2. The molecule has 0 amide bonds. The summed E-state index contributed by atoms with van der Waals surface area (Å²) in [7, 11) is 2.16. The lowest BCUT2D eigenvalue weighted by molar-refractivity contribution is 0.312. The molecule has 0 saturated carbocycles. The summed E-state index contributed by atoms with van der Waals surface area (Å²) in [6, 6.07) is 17.7. The van der Waals surface area contributed by atoms with Crippen LogP contribution in [0.3, 0.4) is 0 Å². The van der Waals surface area contributed by atoms with Crippen molar-refractivity contribution in [2.24, 2.45) is 0 Å². The van der Waals surface area contributed by atoms with Crippen molar-refractivity contribution in [2.75, 3.05) is 80.7 Å². The van der Waals surface area contributed by atoms with Gasteiger partial charge >= 0.3 is 0 Å². The van der Waals surface area contributed by atoms with Gasteiger partial charge in [-0.05, 0) is 30.5 Å². The van der Waals surface area contributed by atoms with E-state index in [0.717, 1.165) is 89.1 Å². The molecule has 6 rings (SSSR count). The number of hydrogen-bond acceptors (Lipinski definition) is 7. The van der Waals surface area contributed by atoms with Crippen LogP contribution in [0.5, 0.6) is 0 Å². The minimum absolute atomic E-state index is 0.745. The number of pyridine rings is 1. The SMILES string of the molecule is CN1CCN(c2nc(N3CCNCC3)c3c(c2C#N)CN(c2cccc4ccccc24)CC3)CC1. The van der Waals surface area contributed by atoms with Gasteiger partial charge in [-0.2, -0.15) is 5.26 Å². The molecular formula is C28H33N7. The molecule has 180 valence electrons. The Labute approximate surface area is 207 Å². The van der Waals surface area contributed by atoms with E-state index in [1.54, 1.807) is 0 Å². The van der Waals surface area contributed by atoms with E-state index < -0.39 is 0 Å². The largest absolute Gasteiger partial charge is 0.366 e. The zero-order valence-corrected chi connectivity index (χ0v) is 20.5. The number of fused-ring (bicyclic) bond motifs is 2. The molecular weight excluding hydrogens is 434 g/mol. The third kappa shape index (κ3) is 4.07. The van der Waals surface area contributed by atoms with Gasteiger partial charge in [0.1, 0.15) is 17.7 Å². The van der Waals surface area contributed by atoms with Gasteiger partial charge in [-0.25, -0.2) is 4.98 Å². The summed E-state index contributed by atoms with van der Waals surface area (Å²) in [6.45, 7) is 9.35. The van der Waals surface area contributed by atoms with Gasteiger partial charge in [0.05, 0.1) is 5.56 Å². The van der Waals surface area contributed by atoms with Gasteiger partial charge in [-0.15, -0.1) is 0 Å². The molecule has 3 aliphatic heterocycles. The molecule has 1 N–H and O–H groups in total. The van der Waals surface area contributed by atoms with E-state index >= 15 is 0 Å². The van der Waals surface area contributed by atoms with E-state index in [1.807, 2.05) is 0 Å². The molecule has 3 aromatic rings. The quantitative estimate of drug-likeness (QED) is 0.636. The van der Waals surface area contributed by atoms with Crippen LogP contribution in [0.4, 0.5) is 17.3 Å². The minimum Gasteiger partial charge on any atom is -0.366 e. The average Bonchev–Trinajstić information content (AvgIpc) is 2.92. The second-order valence-corrected chi connectivity index (χ2v) is 9.90. The highest BCUT2D eigenvalue weighted by Gasteiger charge is 2.31. The lowest BCUT2D eigenvalue weighted by atomic mass is 9.94. The molecule has 3 aliphatic rings. The van der Waals surface area contributed by atoms with Gasteiger partial charge in [0.2, 0.25) is 0 Å². The molecule has 35 heavy (non-hydrogen) atoms. The molecule has 7 heteroatoms. The van der Waals surface area contributed by atoms with Crippen LogP contribution in [0.2, 0.25) is 0 Å². The minimum atomic E-state index is 0.745. The number of anilines is 3. The van der Waals surface area contributed by atoms with Crippen molar-refractivity contribution in [2.45, 2.75) is 13.0 Å². The molecule has 0 radical (unpaired) electrons. The van der Waals surface area contributed by atoms with Crippen molar-refractivity contribution in [3.05, 3.63) is 59.2 Å². The van der Waals surface area contributed by atoms with Crippen molar-refractivity contribution < 1.29 is 0 Å². The van der Waals surface area contributed by atoms with Gasteiger partial charge in [0.25, 0.3) is 0 Å². The maximum Gasteiger partial charge on any atom is 0.149 e. The van der Waals surface area contributed by atoms with E-state index in [2.05, 4.69) is 80.5 Å². The lowest BCUT2D eigenvalue weighted by Gasteiger charge is -2.39. The topological polar surface area (TPSA) is 61.7 Å². The molecule has 0 aliphatic carbocycles. The van der Waals surface area contributed by atoms with Crippen LogP contribution in [0.25, 0.3) is 10.8 Å². The van der Waals surface area contributed by atoms with Crippen molar-refractivity contribution in [3.8, 4) is 6.07 Å². The fourth-order valence-electron chi connectivity index (χ4n) is 5.79. The Kier molecular flexibility index (Phi) is 5.93. The van der Waals surface area contributed by atoms with Crippen molar-refractivity contribution in [3.63, 3.8) is 0 Å². The predicted octanol–water partition coefficient (Wildman–Crippen LogP) is 2.83. The van der Waals surface area contributed by atoms with Crippen molar-refractivity contribution in [1.82, 2.24) is 15.2 Å². The van der Waals surface area contributed by atoms with E-state index in [0.29, 0.717) is 0 Å². The van der Waals surface area contributed by atoms with Crippen LogP contribution < -0.4 is 20.0 Å². The highest BCUT2D eigenvalue weighted by Crippen LogP contribution is 2.38. The third-order valence-electron chi connectivity index (χ3n) is 7.79. The van der Waals surface area contributed by atoms with Gasteiger partial charge in [0.15, 0.2) is 0 Å². The Morgan fingerprint density at radius 3 is 2.34 bits per heavy atom. The first-order valence-electron chi connectivity index (χ1n) is 12.8. The third-order valence-corrected chi connectivity index (χ3v) is 7.79. The second kappa shape index (κ2) is 9.37. The Hall–Kier alpha value is -3.34. The zero-order valence-electron chi connectivity index (χ0n) is 20.5. The molecule has 0 spiro atoms. The summed E-state index contributed by atoms with van der Waals surface area (Å²) in [4.78, 5) is 14.8. The van der Waals surface area contributed by atoms with Crippen molar-refractivity contribution in [1.29, 1.82) is 5.26 Å². The molecule has 4 heterocycles. The first-order chi connectivity index (χ1) is 17.2. The van der Waals surface area contributed by atoms with Crippen LogP contribution >= 0.6 is 0 Å². The zero-order chi connectivity index (χ0) is 23.8. The van der Waals surface area contributed by atoms with Crippen LogP contribution in [-0.4, -0.2) is 75.8 Å². The summed E-state index contributed by atoms with van der Waals surface area (Å²) in [5, 5.41) is 16.4. The average molecular weight is 468 g/mol. The van der Waals surface area contributed by atoms with Gasteiger partial charge in [-0.1, -0.05) is 36.4 Å². The maximum absolute atomic E-state index is 10.4. The summed E-state index contributed by atoms with van der Waals surface area (Å²) in [5.74, 6) is 1.99. The van der Waals surface area contributed by atoms with Gasteiger partial charge in [0, 0.05) is 82.1 Å². The monoisotopic (exact) mass is 467 g/mol. The molecule has 0 atom stereocenters. The molecule has 2 saturated heterocycles. The number of piperazine rings is 2. The Bertz CT molecular complexity index is 1260. The van der Waals surface area contributed by atoms with Gasteiger partial charge in [-0.3, -0.25) is 0 Å². The molecule has 2 aromatic carbocycles. The molecule has 7 nitrogen and oxygen atoms in total. The predicted molar refractivity (Wildman–Crippen MR) is 142 cm³/mol. The van der Waals surface area contributed by atoms with E-state index in [4.69, 9.17) is 4.98 Å². The number of nitriles is 1. The summed E-state index contributed by atoms with van der Waals surface area (Å²) >= 11 is 0. The van der Waals surface area contributed by atoms with Crippen LogP contribution in [-0.2, 0) is 13.0 Å². The first kappa shape index (κ1) is 22.1. The van der Waals surface area contributed by atoms with Crippen LogP contribution in [0.1, 0.15) is 16.7 Å². The van der Waals surface area contributed by atoms with Crippen LogP contribution in [0, 0.1) is 11.3 Å². The summed E-state index contributed by atoms with van der Waals surface area (Å²) in [6.07, 6.45) is 0.905. The molecule has 0 bridgehead atoms. The van der Waals surface area contributed by atoms with Gasteiger partial charge < -0.3 is 24.9 Å². The summed E-state index contributed by atoms with van der Waals surface area (Å²) in [5.41, 5.74) is 4.47. The highest BCUT2D eigenvalue weighted by atomic mass is 15.3. The lowest BCUT2D eigenvalue weighted by Crippen LogP contribution is -2.47. The fraction of sp³-hybridized carbons (Fsp3) is 0.429. The number of rotatable bonds is 3. The Morgan fingerprint density at radius 2 is 1.54 bits per heavy atom. The standard InChI is InChI=1S/C28H33N7/c1-32-15-17-34(18-16-32)28-24(19-29)25-20-35(26-8-4-6-21-5-2-3-7-22(21)26)12-9-23(25)27(31-28)33-13-10-30-11-14-33/h2-8,30H,9-18,20H2,1H3. The number of hydrogen-bond donors (Lipinski definition) is 1. The normalized spacial score (nSPS) is 19.0. The number of nitrogens with one attached hydrogen (secondary N) is 1. The fourth-order valence-corrected chi connectivity index (χ4v) is 5.79. The number of likely N-dealkylation sites (N-methyl/N-ethyl adjacent to an activating group) is 1. The maximum atomic E-state index is 10.4. The molecule has 2 fully saturated rings. The van der Waals surface area contributed by atoms with E-state index in [1.165, 1.54) is 27.6 Å². The number of nitrogens with zero attached hydrogens (tertiary/aromatic N) is 6. The molecule has 1 aromatic heterocycles. The summed E-state index contributed by atoms with van der Waals surface area (Å²) < 4.78 is 0. The van der Waals surface area contributed by atoms with Crippen LogP contribution in [0.15, 0.2) is 42.5 Å². The Balaban J connectivity index is 1.45. The van der Waals surface area contributed by atoms with E-state index in [-0.39, 0.29) is 0 Å².